The van der Waals surface area contributed by atoms with Crippen molar-refractivity contribution in [1.82, 2.24) is 5.32 Å². The molecule has 2 unspecified atom stereocenters. The van der Waals surface area contributed by atoms with Crippen LogP contribution in [0.15, 0.2) is 24.3 Å². The smallest absolute Gasteiger partial charge is 0.305 e. The lowest BCUT2D eigenvalue weighted by atomic mass is 10.0. The third-order valence-electron chi connectivity index (χ3n) is 18.7. The van der Waals surface area contributed by atoms with Gasteiger partial charge in [-0.25, -0.2) is 0 Å². The van der Waals surface area contributed by atoms with Crippen LogP contribution >= 0.6 is 0 Å². The highest BCUT2D eigenvalue weighted by molar-refractivity contribution is 5.76. The number of carbonyl (C=O) groups excluding carboxylic acids is 2. The second-order valence-corrected chi connectivity index (χ2v) is 27.4. The van der Waals surface area contributed by atoms with Gasteiger partial charge in [0.1, 0.15) is 0 Å². The Kier molecular flexibility index (Phi) is 74.3. The van der Waals surface area contributed by atoms with E-state index in [0.29, 0.717) is 25.9 Å². The summed E-state index contributed by atoms with van der Waals surface area (Å²) >= 11 is 0. The molecule has 0 bridgehead atoms. The van der Waals surface area contributed by atoms with Crippen molar-refractivity contribution in [3.05, 3.63) is 24.3 Å². The molecule has 0 aliphatic heterocycles. The second-order valence-electron chi connectivity index (χ2n) is 27.4. The third-order valence-corrected chi connectivity index (χ3v) is 18.7. The molecule has 0 aromatic carbocycles. The van der Waals surface area contributed by atoms with Crippen LogP contribution in [0.1, 0.15) is 450 Å². The average molecular weight is 1210 g/mol. The maximum atomic E-state index is 12.6. The van der Waals surface area contributed by atoms with Crippen molar-refractivity contribution >= 4 is 11.9 Å². The van der Waals surface area contributed by atoms with Crippen molar-refractivity contribution < 1.29 is 24.5 Å². The largest absolute Gasteiger partial charge is 0.466 e. The van der Waals surface area contributed by atoms with E-state index in [1.807, 2.05) is 0 Å². The fraction of sp³-hybridized carbons (Fsp3) is 0.925. The minimum atomic E-state index is -0.663. The summed E-state index contributed by atoms with van der Waals surface area (Å²) in [5.74, 6) is -0.00975. The fourth-order valence-corrected chi connectivity index (χ4v) is 12.7. The highest BCUT2D eigenvalue weighted by atomic mass is 16.5. The molecule has 0 rings (SSSR count). The first kappa shape index (κ1) is 84.3. The van der Waals surface area contributed by atoms with E-state index in [0.717, 1.165) is 38.5 Å². The molecule has 3 N–H and O–H groups in total. The average Bonchev–Trinajstić information content (AvgIpc) is 3.54. The van der Waals surface area contributed by atoms with Crippen LogP contribution in [0.25, 0.3) is 0 Å². The molecular weight excluding hydrogens is 1050 g/mol. The lowest BCUT2D eigenvalue weighted by Crippen LogP contribution is -2.45. The van der Waals surface area contributed by atoms with Crippen LogP contribution in [0.3, 0.4) is 0 Å². The Morgan fingerprint density at radius 2 is 0.547 bits per heavy atom. The molecule has 0 saturated heterocycles. The van der Waals surface area contributed by atoms with E-state index >= 15 is 0 Å². The minimum Gasteiger partial charge on any atom is -0.466 e. The minimum absolute atomic E-state index is 0.0184. The molecule has 510 valence electrons. The number of aliphatic hydroxyl groups is 2. The molecule has 0 radical (unpaired) electrons. The molecule has 0 aliphatic rings. The molecule has 0 aliphatic carbocycles. The molecule has 86 heavy (non-hydrogen) atoms. The van der Waals surface area contributed by atoms with Crippen LogP contribution in [0.2, 0.25) is 0 Å². The van der Waals surface area contributed by atoms with E-state index in [9.17, 15) is 19.8 Å². The normalized spacial score (nSPS) is 12.6. The third kappa shape index (κ3) is 71.4. The molecule has 6 nitrogen and oxygen atoms in total. The van der Waals surface area contributed by atoms with Gasteiger partial charge >= 0.3 is 5.97 Å². The van der Waals surface area contributed by atoms with Gasteiger partial charge in [0.25, 0.3) is 0 Å². The van der Waals surface area contributed by atoms with Gasteiger partial charge in [0, 0.05) is 12.8 Å². The Hall–Kier alpha value is -1.66. The standard InChI is InChI=1S/C80H155NO5/c1-3-5-7-9-11-13-15-17-19-21-36-40-44-48-52-56-60-64-68-72-78(83)77(76-82)81-79(84)73-69-65-61-57-53-49-45-41-38-34-32-30-28-26-24-23-25-27-29-31-33-35-39-43-47-51-55-59-63-67-71-75-86-80(85)74-70-66-62-58-54-50-46-42-37-22-20-18-16-14-12-10-8-6-4-2/h18,20,25,27,77-78,82-83H,3-17,19,21-24,26,28-76H2,1-2H3,(H,81,84)/b20-18-,27-25-. The number of esters is 1. The summed E-state index contributed by atoms with van der Waals surface area (Å²) in [6.45, 7) is 5.00. The van der Waals surface area contributed by atoms with E-state index in [1.54, 1.807) is 0 Å². The first-order valence-corrected chi connectivity index (χ1v) is 39.6. The number of ether oxygens (including phenoxy) is 1. The first-order chi connectivity index (χ1) is 42.5. The SMILES string of the molecule is CCCCCCCC/C=C\CCCCCCCCCCCC(=O)OCCCCCCCCCCCCCC/C=C\CCCCCCCCCCCCCCCCCC(=O)NC(CO)C(O)CCCCCCCCCCCCCCCCCCCCC. The zero-order chi connectivity index (χ0) is 62.0. The lowest BCUT2D eigenvalue weighted by molar-refractivity contribution is -0.143. The van der Waals surface area contributed by atoms with Crippen LogP contribution in [0.4, 0.5) is 0 Å². The van der Waals surface area contributed by atoms with E-state index < -0.39 is 12.1 Å². The molecule has 0 aromatic rings. The van der Waals surface area contributed by atoms with Gasteiger partial charge in [-0.3, -0.25) is 9.59 Å². The topological polar surface area (TPSA) is 95.9 Å². The van der Waals surface area contributed by atoms with Crippen LogP contribution in [-0.2, 0) is 14.3 Å². The van der Waals surface area contributed by atoms with Crippen molar-refractivity contribution in [2.24, 2.45) is 0 Å². The Morgan fingerprint density at radius 1 is 0.314 bits per heavy atom. The van der Waals surface area contributed by atoms with Gasteiger partial charge in [-0.15, -0.1) is 0 Å². The van der Waals surface area contributed by atoms with Gasteiger partial charge in [0.05, 0.1) is 25.4 Å². The Labute approximate surface area is 539 Å². The number of aliphatic hydroxyl groups excluding tert-OH is 2. The van der Waals surface area contributed by atoms with Crippen LogP contribution < -0.4 is 5.32 Å². The molecule has 0 saturated carbocycles. The molecule has 2 atom stereocenters. The van der Waals surface area contributed by atoms with Gasteiger partial charge in [-0.05, 0) is 77.0 Å². The van der Waals surface area contributed by atoms with Crippen LogP contribution in [-0.4, -0.2) is 47.4 Å². The summed E-state index contributed by atoms with van der Waals surface area (Å²) < 4.78 is 5.52. The quantitative estimate of drug-likeness (QED) is 0.0320. The van der Waals surface area contributed by atoms with Crippen LogP contribution in [0.5, 0.6) is 0 Å². The lowest BCUT2D eigenvalue weighted by Gasteiger charge is -2.22. The number of hydrogen-bond acceptors (Lipinski definition) is 5. The van der Waals surface area contributed by atoms with Crippen molar-refractivity contribution in [1.29, 1.82) is 0 Å². The van der Waals surface area contributed by atoms with Gasteiger partial charge in [0.2, 0.25) is 5.91 Å². The summed E-state index contributed by atoms with van der Waals surface area (Å²) in [4.78, 5) is 24.7. The van der Waals surface area contributed by atoms with Crippen molar-refractivity contribution in [2.75, 3.05) is 13.2 Å². The second kappa shape index (κ2) is 75.8. The van der Waals surface area contributed by atoms with E-state index in [1.165, 1.54) is 379 Å². The number of unbranched alkanes of at least 4 members (excludes halogenated alkanes) is 60. The molecule has 0 spiro atoms. The van der Waals surface area contributed by atoms with Gasteiger partial charge in [0.15, 0.2) is 0 Å². The summed E-state index contributed by atoms with van der Waals surface area (Å²) in [5.41, 5.74) is 0. The van der Waals surface area contributed by atoms with Gasteiger partial charge in [-0.2, -0.15) is 0 Å². The fourth-order valence-electron chi connectivity index (χ4n) is 12.7. The Bertz CT molecular complexity index is 1350. The van der Waals surface area contributed by atoms with Crippen molar-refractivity contribution in [3.63, 3.8) is 0 Å². The van der Waals surface area contributed by atoms with E-state index in [4.69, 9.17) is 4.74 Å². The highest BCUT2D eigenvalue weighted by Crippen LogP contribution is 2.20. The summed E-state index contributed by atoms with van der Waals surface area (Å²) in [7, 11) is 0. The van der Waals surface area contributed by atoms with Crippen LogP contribution in [0, 0.1) is 0 Å². The first-order valence-electron chi connectivity index (χ1n) is 39.6. The molecule has 6 heteroatoms. The van der Waals surface area contributed by atoms with E-state index in [-0.39, 0.29) is 18.5 Å². The highest BCUT2D eigenvalue weighted by Gasteiger charge is 2.20. The van der Waals surface area contributed by atoms with Crippen molar-refractivity contribution in [2.45, 2.75) is 463 Å². The van der Waals surface area contributed by atoms with E-state index in [2.05, 4.69) is 43.5 Å². The zero-order valence-corrected chi connectivity index (χ0v) is 58.6. The number of rotatable bonds is 75. The van der Waals surface area contributed by atoms with Crippen molar-refractivity contribution in [3.8, 4) is 0 Å². The number of allylic oxidation sites excluding steroid dienone is 4. The monoisotopic (exact) mass is 1210 g/mol. The Morgan fingerprint density at radius 3 is 0.826 bits per heavy atom. The predicted octanol–water partition coefficient (Wildman–Crippen LogP) is 26.0. The summed E-state index contributed by atoms with van der Waals surface area (Å²) in [5, 5.41) is 23.4. The number of hydrogen-bond donors (Lipinski definition) is 3. The maximum absolute atomic E-state index is 12.6. The van der Waals surface area contributed by atoms with Gasteiger partial charge < -0.3 is 20.3 Å². The molecule has 1 amide bonds. The predicted molar refractivity (Wildman–Crippen MR) is 380 cm³/mol. The molecular formula is C80H155NO5. The Balaban J connectivity index is 3.35. The number of nitrogens with one attached hydrogen (secondary N) is 1. The van der Waals surface area contributed by atoms with Gasteiger partial charge in [-0.1, -0.05) is 385 Å². The number of amides is 1. The number of carbonyl (C=O) groups is 2. The molecule has 0 fully saturated rings. The molecule has 0 heterocycles. The summed E-state index contributed by atoms with van der Waals surface area (Å²) in [6.07, 6.45) is 96.9. The maximum Gasteiger partial charge on any atom is 0.305 e. The molecule has 0 aromatic heterocycles. The zero-order valence-electron chi connectivity index (χ0n) is 58.6. The summed E-state index contributed by atoms with van der Waals surface area (Å²) in [6, 6.07) is -0.540.